The number of nitrogens with one attached hydrogen (secondary N) is 2. The van der Waals surface area contributed by atoms with Gasteiger partial charge in [0.2, 0.25) is 5.91 Å². The molecule has 2 rings (SSSR count). The molecule has 4 nitrogen and oxygen atoms in total. The molecule has 104 valence electrons. The largest absolute Gasteiger partial charge is 0.508 e. The van der Waals surface area contributed by atoms with E-state index in [1.54, 1.807) is 0 Å². The van der Waals surface area contributed by atoms with E-state index >= 15 is 0 Å². The first-order chi connectivity index (χ1) is 9.08. The van der Waals surface area contributed by atoms with Crippen molar-refractivity contribution in [2.24, 2.45) is 0 Å². The van der Waals surface area contributed by atoms with Gasteiger partial charge in [-0.05, 0) is 44.4 Å². The second-order valence-electron chi connectivity index (χ2n) is 4.93. The van der Waals surface area contributed by atoms with E-state index in [9.17, 15) is 14.3 Å². The maximum Gasteiger partial charge on any atom is 0.237 e. The van der Waals surface area contributed by atoms with E-state index in [1.807, 2.05) is 6.92 Å². The molecule has 1 aromatic carbocycles. The molecule has 0 aromatic heterocycles. The molecular weight excluding hydrogens is 247 g/mol. The molecule has 0 aliphatic carbocycles. The van der Waals surface area contributed by atoms with E-state index in [2.05, 4.69) is 10.6 Å². The van der Waals surface area contributed by atoms with Crippen LogP contribution >= 0.6 is 0 Å². The summed E-state index contributed by atoms with van der Waals surface area (Å²) in [5, 5.41) is 15.7. The first-order valence-electron chi connectivity index (χ1n) is 6.60. The summed E-state index contributed by atoms with van der Waals surface area (Å²) in [5.74, 6) is -0.387. The molecule has 2 unspecified atom stereocenters. The van der Waals surface area contributed by atoms with Crippen LogP contribution in [0.1, 0.15) is 37.8 Å². The molecule has 1 aliphatic heterocycles. The Morgan fingerprint density at radius 3 is 3.05 bits per heavy atom. The highest BCUT2D eigenvalue weighted by atomic mass is 19.1. The van der Waals surface area contributed by atoms with Crippen LogP contribution in [0.4, 0.5) is 4.39 Å². The Hall–Kier alpha value is -1.62. The maximum absolute atomic E-state index is 13.2. The number of benzene rings is 1. The lowest BCUT2D eigenvalue weighted by Crippen LogP contribution is -2.43. The molecule has 0 spiro atoms. The Kier molecular flexibility index (Phi) is 4.37. The van der Waals surface area contributed by atoms with Crippen molar-refractivity contribution in [2.75, 3.05) is 6.54 Å². The van der Waals surface area contributed by atoms with Crippen LogP contribution in [-0.4, -0.2) is 23.6 Å². The number of hydrogen-bond donors (Lipinski definition) is 3. The molecule has 0 radical (unpaired) electrons. The number of carbonyl (C=O) groups is 1. The summed E-state index contributed by atoms with van der Waals surface area (Å²) >= 11 is 0. The first kappa shape index (κ1) is 13.8. The van der Waals surface area contributed by atoms with Crippen molar-refractivity contribution in [3.05, 3.63) is 29.6 Å². The number of phenols is 1. The lowest BCUT2D eigenvalue weighted by molar-refractivity contribution is -0.123. The van der Waals surface area contributed by atoms with Crippen molar-refractivity contribution < 1.29 is 14.3 Å². The van der Waals surface area contributed by atoms with E-state index in [4.69, 9.17) is 0 Å². The molecule has 1 amide bonds. The predicted octanol–water partition coefficient (Wildman–Crippen LogP) is 1.85. The van der Waals surface area contributed by atoms with Gasteiger partial charge in [-0.3, -0.25) is 10.1 Å². The number of phenolic OH excluding ortho intramolecular Hbond substituents is 1. The van der Waals surface area contributed by atoms with Crippen molar-refractivity contribution in [1.29, 1.82) is 0 Å². The normalized spacial score (nSPS) is 21.6. The van der Waals surface area contributed by atoms with Crippen molar-refractivity contribution in [3.63, 3.8) is 0 Å². The minimum Gasteiger partial charge on any atom is -0.508 e. The van der Waals surface area contributed by atoms with E-state index in [0.29, 0.717) is 12.1 Å². The Balaban J connectivity index is 2.09. The van der Waals surface area contributed by atoms with Gasteiger partial charge in [-0.15, -0.1) is 0 Å². The van der Waals surface area contributed by atoms with Crippen LogP contribution in [0.3, 0.4) is 0 Å². The van der Waals surface area contributed by atoms with E-state index in [1.165, 1.54) is 18.2 Å². The number of amides is 1. The minimum atomic E-state index is -0.397. The van der Waals surface area contributed by atoms with Gasteiger partial charge < -0.3 is 10.4 Å². The fraction of sp³-hybridized carbons (Fsp3) is 0.500. The summed E-state index contributed by atoms with van der Waals surface area (Å²) in [5.41, 5.74) is 0.469. The van der Waals surface area contributed by atoms with Crippen LogP contribution < -0.4 is 10.6 Å². The lowest BCUT2D eigenvalue weighted by atomic mass is 10.0. The zero-order valence-electron chi connectivity index (χ0n) is 10.9. The molecule has 19 heavy (non-hydrogen) atoms. The monoisotopic (exact) mass is 266 g/mol. The van der Waals surface area contributed by atoms with Crippen molar-refractivity contribution in [3.8, 4) is 5.75 Å². The standard InChI is InChI=1S/C14H19FN2O2/c1-9(11-8-10(15)5-6-13(11)18)17-12-4-2-3-7-16-14(12)19/h5-6,8-9,12,17-18H,2-4,7H2,1H3,(H,16,19). The third-order valence-electron chi connectivity index (χ3n) is 3.44. The number of aromatic hydroxyl groups is 1. The molecule has 5 heteroatoms. The van der Waals surface area contributed by atoms with Gasteiger partial charge in [-0.1, -0.05) is 0 Å². The zero-order chi connectivity index (χ0) is 13.8. The van der Waals surface area contributed by atoms with Gasteiger partial charge in [-0.2, -0.15) is 0 Å². The van der Waals surface area contributed by atoms with E-state index in [0.717, 1.165) is 19.3 Å². The summed E-state index contributed by atoms with van der Waals surface area (Å²) in [4.78, 5) is 11.8. The molecule has 1 heterocycles. The number of halogens is 1. The second-order valence-corrected chi connectivity index (χ2v) is 4.93. The van der Waals surface area contributed by atoms with E-state index < -0.39 is 5.82 Å². The number of hydrogen-bond acceptors (Lipinski definition) is 3. The highest BCUT2D eigenvalue weighted by Gasteiger charge is 2.23. The topological polar surface area (TPSA) is 61.4 Å². The van der Waals surface area contributed by atoms with Crippen LogP contribution in [0.15, 0.2) is 18.2 Å². The highest BCUT2D eigenvalue weighted by Crippen LogP contribution is 2.25. The average molecular weight is 266 g/mol. The number of rotatable bonds is 3. The van der Waals surface area contributed by atoms with Crippen LogP contribution in [-0.2, 0) is 4.79 Å². The summed E-state index contributed by atoms with van der Waals surface area (Å²) in [7, 11) is 0. The summed E-state index contributed by atoms with van der Waals surface area (Å²) in [6, 6.07) is 3.26. The van der Waals surface area contributed by atoms with Gasteiger partial charge in [-0.25, -0.2) is 4.39 Å². The Morgan fingerprint density at radius 1 is 1.47 bits per heavy atom. The molecule has 1 fully saturated rings. The summed E-state index contributed by atoms with van der Waals surface area (Å²) in [6.45, 7) is 2.52. The first-order valence-corrected chi connectivity index (χ1v) is 6.60. The Bertz CT molecular complexity index is 465. The second kappa shape index (κ2) is 6.02. The van der Waals surface area contributed by atoms with Crippen LogP contribution in [0.25, 0.3) is 0 Å². The summed E-state index contributed by atoms with van der Waals surface area (Å²) < 4.78 is 13.2. The summed E-state index contributed by atoms with van der Waals surface area (Å²) in [6.07, 6.45) is 2.70. The molecule has 1 aromatic rings. The SMILES string of the molecule is CC(NC1CCCCNC1=O)c1cc(F)ccc1O. The van der Waals surface area contributed by atoms with Crippen molar-refractivity contribution >= 4 is 5.91 Å². The van der Waals surface area contributed by atoms with Crippen molar-refractivity contribution in [1.82, 2.24) is 10.6 Å². The lowest BCUT2D eigenvalue weighted by Gasteiger charge is -2.22. The van der Waals surface area contributed by atoms with Gasteiger partial charge in [0, 0.05) is 18.2 Å². The number of carbonyl (C=O) groups excluding carboxylic acids is 1. The third kappa shape index (κ3) is 3.44. The molecule has 3 N–H and O–H groups in total. The molecule has 2 atom stereocenters. The van der Waals surface area contributed by atoms with Crippen LogP contribution in [0.2, 0.25) is 0 Å². The Labute approximate surface area is 112 Å². The van der Waals surface area contributed by atoms with Gasteiger partial charge in [0.25, 0.3) is 0 Å². The van der Waals surface area contributed by atoms with Gasteiger partial charge in [0.1, 0.15) is 11.6 Å². The fourth-order valence-corrected chi connectivity index (χ4v) is 2.36. The van der Waals surface area contributed by atoms with Gasteiger partial charge >= 0.3 is 0 Å². The van der Waals surface area contributed by atoms with E-state index in [-0.39, 0.29) is 23.7 Å². The van der Waals surface area contributed by atoms with Crippen molar-refractivity contribution in [2.45, 2.75) is 38.3 Å². The average Bonchev–Trinajstić information content (AvgIpc) is 2.58. The Morgan fingerprint density at radius 2 is 2.26 bits per heavy atom. The maximum atomic E-state index is 13.2. The van der Waals surface area contributed by atoms with Crippen LogP contribution in [0.5, 0.6) is 5.75 Å². The molecule has 1 saturated heterocycles. The molecular formula is C14H19FN2O2. The quantitative estimate of drug-likeness (QED) is 0.782. The zero-order valence-corrected chi connectivity index (χ0v) is 10.9. The third-order valence-corrected chi connectivity index (χ3v) is 3.44. The fourth-order valence-electron chi connectivity index (χ4n) is 2.36. The van der Waals surface area contributed by atoms with Crippen LogP contribution in [0, 0.1) is 5.82 Å². The smallest absolute Gasteiger partial charge is 0.237 e. The van der Waals surface area contributed by atoms with Gasteiger partial charge in [0.05, 0.1) is 6.04 Å². The predicted molar refractivity (Wildman–Crippen MR) is 70.3 cm³/mol. The minimum absolute atomic E-state index is 0.0276. The molecule has 0 saturated carbocycles. The molecule has 0 bridgehead atoms. The highest BCUT2D eigenvalue weighted by molar-refractivity contribution is 5.82. The van der Waals surface area contributed by atoms with Gasteiger partial charge in [0.15, 0.2) is 0 Å². The molecule has 1 aliphatic rings.